The fraction of sp³-hybridized carbons (Fsp3) is 0.250. The van der Waals surface area contributed by atoms with Crippen molar-refractivity contribution < 1.29 is 9.59 Å². The van der Waals surface area contributed by atoms with Crippen LogP contribution in [-0.4, -0.2) is 11.6 Å². The highest BCUT2D eigenvalue weighted by Gasteiger charge is 2.23. The van der Waals surface area contributed by atoms with Crippen molar-refractivity contribution in [1.82, 2.24) is 0 Å². The number of benzene rings is 1. The van der Waals surface area contributed by atoms with Crippen LogP contribution in [0.15, 0.2) is 24.3 Å². The predicted octanol–water partition coefficient (Wildman–Crippen LogP) is 1.82. The number of nitrogens with zero attached hydrogens (tertiary/aromatic N) is 1. The van der Waals surface area contributed by atoms with Gasteiger partial charge in [-0.25, -0.2) is 0 Å². The maximum absolute atomic E-state index is 11.3. The molecule has 0 heterocycles. The van der Waals surface area contributed by atoms with E-state index in [0.29, 0.717) is 11.1 Å². The van der Waals surface area contributed by atoms with Crippen LogP contribution in [0.4, 0.5) is 0 Å². The minimum Gasteiger partial charge on any atom is -0.299 e. The monoisotopic (exact) mass is 201 g/mol. The average molecular weight is 201 g/mol. The molecule has 0 aliphatic rings. The first-order valence-electron chi connectivity index (χ1n) is 4.58. The van der Waals surface area contributed by atoms with Crippen LogP contribution in [0.3, 0.4) is 0 Å². The van der Waals surface area contributed by atoms with Crippen molar-refractivity contribution in [3.8, 4) is 6.07 Å². The predicted molar refractivity (Wildman–Crippen MR) is 55.3 cm³/mol. The van der Waals surface area contributed by atoms with Gasteiger partial charge in [-0.2, -0.15) is 5.26 Å². The molecular formula is C12H11NO2. The van der Waals surface area contributed by atoms with Gasteiger partial charge in [0.2, 0.25) is 0 Å². The second-order valence-electron chi connectivity index (χ2n) is 3.35. The highest BCUT2D eigenvalue weighted by Crippen LogP contribution is 2.21. The van der Waals surface area contributed by atoms with Gasteiger partial charge in [-0.15, -0.1) is 0 Å². The molecule has 0 bridgehead atoms. The van der Waals surface area contributed by atoms with Crippen molar-refractivity contribution in [2.45, 2.75) is 19.8 Å². The standard InChI is InChI=1S/C12H11NO2/c1-8(14)12(9(2)15)11-6-4-3-5-10(11)7-13/h3-6,12H,1-2H3. The van der Waals surface area contributed by atoms with Crippen LogP contribution in [0.25, 0.3) is 0 Å². The number of carbonyl (C=O) groups excluding carboxylic acids is 2. The Morgan fingerprint density at radius 2 is 1.73 bits per heavy atom. The summed E-state index contributed by atoms with van der Waals surface area (Å²) in [6.07, 6.45) is 0. The SMILES string of the molecule is CC(=O)C(C(C)=O)c1ccccc1C#N. The summed E-state index contributed by atoms with van der Waals surface area (Å²) < 4.78 is 0. The summed E-state index contributed by atoms with van der Waals surface area (Å²) in [5.41, 5.74) is 0.882. The Hall–Kier alpha value is -1.95. The first-order valence-corrected chi connectivity index (χ1v) is 4.58. The second kappa shape index (κ2) is 4.52. The summed E-state index contributed by atoms with van der Waals surface area (Å²) in [7, 11) is 0. The van der Waals surface area contributed by atoms with Crippen molar-refractivity contribution in [3.63, 3.8) is 0 Å². The van der Waals surface area contributed by atoms with Gasteiger partial charge in [-0.05, 0) is 25.5 Å². The van der Waals surface area contributed by atoms with E-state index < -0.39 is 5.92 Å². The molecule has 3 heteroatoms. The number of hydrogen-bond acceptors (Lipinski definition) is 3. The van der Waals surface area contributed by atoms with E-state index in [1.807, 2.05) is 6.07 Å². The van der Waals surface area contributed by atoms with Gasteiger partial charge in [0.25, 0.3) is 0 Å². The molecule has 1 aromatic carbocycles. The highest BCUT2D eigenvalue weighted by molar-refractivity contribution is 6.06. The lowest BCUT2D eigenvalue weighted by Gasteiger charge is -2.11. The highest BCUT2D eigenvalue weighted by atomic mass is 16.1. The third kappa shape index (κ3) is 2.29. The molecule has 0 atom stereocenters. The minimum absolute atomic E-state index is 0.231. The Balaban J connectivity index is 3.30. The maximum Gasteiger partial charge on any atom is 0.144 e. The van der Waals surface area contributed by atoms with E-state index in [0.717, 1.165) is 0 Å². The number of rotatable bonds is 3. The molecule has 3 nitrogen and oxygen atoms in total. The summed E-state index contributed by atoms with van der Waals surface area (Å²) in [6.45, 7) is 2.72. The molecular weight excluding hydrogens is 190 g/mol. The van der Waals surface area contributed by atoms with Gasteiger partial charge in [-0.3, -0.25) is 9.59 Å². The van der Waals surface area contributed by atoms with E-state index >= 15 is 0 Å². The first kappa shape index (κ1) is 11.1. The molecule has 1 rings (SSSR count). The van der Waals surface area contributed by atoms with E-state index in [2.05, 4.69) is 0 Å². The Kier molecular flexibility index (Phi) is 3.35. The van der Waals surface area contributed by atoms with Gasteiger partial charge in [0, 0.05) is 0 Å². The van der Waals surface area contributed by atoms with Gasteiger partial charge in [0.15, 0.2) is 0 Å². The van der Waals surface area contributed by atoms with Crippen molar-refractivity contribution in [1.29, 1.82) is 5.26 Å². The van der Waals surface area contributed by atoms with Gasteiger partial charge in [0.1, 0.15) is 17.5 Å². The molecule has 0 radical (unpaired) electrons. The number of Topliss-reactive ketones (excluding diaryl/α,β-unsaturated/α-hetero) is 2. The summed E-state index contributed by atoms with van der Waals surface area (Å²) >= 11 is 0. The van der Waals surface area contributed by atoms with Gasteiger partial charge >= 0.3 is 0 Å². The summed E-state index contributed by atoms with van der Waals surface area (Å²) in [5, 5.41) is 8.86. The number of carbonyl (C=O) groups is 2. The van der Waals surface area contributed by atoms with Crippen LogP contribution in [-0.2, 0) is 9.59 Å². The van der Waals surface area contributed by atoms with E-state index in [1.165, 1.54) is 13.8 Å². The summed E-state index contributed by atoms with van der Waals surface area (Å²) in [5.74, 6) is -1.27. The lowest BCUT2D eigenvalue weighted by molar-refractivity contribution is -0.126. The average Bonchev–Trinajstić information content (AvgIpc) is 2.17. The molecule has 1 aromatic rings. The third-order valence-electron chi connectivity index (χ3n) is 2.21. The molecule has 0 saturated carbocycles. The number of nitriles is 1. The summed E-state index contributed by atoms with van der Waals surface area (Å²) in [6, 6.07) is 8.66. The second-order valence-corrected chi connectivity index (χ2v) is 3.35. The lowest BCUT2D eigenvalue weighted by Crippen LogP contribution is -2.18. The van der Waals surface area contributed by atoms with Crippen LogP contribution in [0.2, 0.25) is 0 Å². The molecule has 0 aliphatic carbocycles. The van der Waals surface area contributed by atoms with Crippen LogP contribution in [0.1, 0.15) is 30.9 Å². The number of hydrogen-bond donors (Lipinski definition) is 0. The van der Waals surface area contributed by atoms with Crippen molar-refractivity contribution in [2.24, 2.45) is 0 Å². The quantitative estimate of drug-likeness (QED) is 0.701. The molecule has 0 fully saturated rings. The van der Waals surface area contributed by atoms with Crippen molar-refractivity contribution >= 4 is 11.6 Å². The molecule has 76 valence electrons. The van der Waals surface area contributed by atoms with Gasteiger partial charge < -0.3 is 0 Å². The van der Waals surface area contributed by atoms with Gasteiger partial charge in [-0.1, -0.05) is 18.2 Å². The zero-order valence-corrected chi connectivity index (χ0v) is 8.65. The first-order chi connectivity index (χ1) is 7.07. The Morgan fingerprint density at radius 1 is 1.20 bits per heavy atom. The van der Waals surface area contributed by atoms with E-state index in [4.69, 9.17) is 5.26 Å². The minimum atomic E-state index is -0.805. The Morgan fingerprint density at radius 3 is 2.20 bits per heavy atom. The zero-order valence-electron chi connectivity index (χ0n) is 8.65. The molecule has 0 aliphatic heterocycles. The molecule has 0 unspecified atom stereocenters. The van der Waals surface area contributed by atoms with Crippen molar-refractivity contribution in [2.75, 3.05) is 0 Å². The van der Waals surface area contributed by atoms with Gasteiger partial charge in [0.05, 0.1) is 11.6 Å². The lowest BCUT2D eigenvalue weighted by atomic mass is 9.89. The molecule has 0 N–H and O–H groups in total. The van der Waals surface area contributed by atoms with Crippen LogP contribution in [0, 0.1) is 11.3 Å². The Bertz CT molecular complexity index is 429. The third-order valence-corrected chi connectivity index (χ3v) is 2.21. The molecule has 0 saturated heterocycles. The smallest absolute Gasteiger partial charge is 0.144 e. The molecule has 0 amide bonds. The fourth-order valence-electron chi connectivity index (χ4n) is 1.57. The normalized spacial score (nSPS) is 9.73. The van der Waals surface area contributed by atoms with Crippen molar-refractivity contribution in [3.05, 3.63) is 35.4 Å². The number of ketones is 2. The van der Waals surface area contributed by atoms with E-state index in [-0.39, 0.29) is 11.6 Å². The van der Waals surface area contributed by atoms with Crippen LogP contribution < -0.4 is 0 Å². The topological polar surface area (TPSA) is 57.9 Å². The maximum atomic E-state index is 11.3. The van der Waals surface area contributed by atoms with E-state index in [9.17, 15) is 9.59 Å². The van der Waals surface area contributed by atoms with E-state index in [1.54, 1.807) is 24.3 Å². The molecule has 0 aromatic heterocycles. The molecule has 15 heavy (non-hydrogen) atoms. The summed E-state index contributed by atoms with van der Waals surface area (Å²) in [4.78, 5) is 22.6. The zero-order chi connectivity index (χ0) is 11.4. The van der Waals surface area contributed by atoms with Crippen LogP contribution >= 0.6 is 0 Å². The Labute approximate surface area is 88.3 Å². The molecule has 0 spiro atoms. The largest absolute Gasteiger partial charge is 0.299 e. The van der Waals surface area contributed by atoms with Crippen LogP contribution in [0.5, 0.6) is 0 Å². The fourth-order valence-corrected chi connectivity index (χ4v) is 1.57.